The lowest BCUT2D eigenvalue weighted by molar-refractivity contribution is 0.666. The molecule has 0 bridgehead atoms. The van der Waals surface area contributed by atoms with E-state index in [1.54, 1.807) is 0 Å². The van der Waals surface area contributed by atoms with Gasteiger partial charge in [0.25, 0.3) is 0 Å². The molecule has 0 aromatic heterocycles. The Morgan fingerprint density at radius 2 is 0.810 bits per heavy atom. The molecular weight excluding hydrogens is 699 g/mol. The molecule has 0 aliphatic heterocycles. The van der Waals surface area contributed by atoms with E-state index in [0.717, 1.165) is 23.5 Å². The van der Waals surface area contributed by atoms with Crippen molar-refractivity contribution in [3.63, 3.8) is 0 Å². The van der Waals surface area contributed by atoms with Crippen LogP contribution in [0.25, 0.3) is 33.4 Å². The van der Waals surface area contributed by atoms with E-state index in [-0.39, 0.29) is 0 Å². The molecule has 1 heteroatoms. The van der Waals surface area contributed by atoms with Crippen LogP contribution in [0.3, 0.4) is 0 Å². The molecule has 0 fully saturated rings. The minimum Gasteiger partial charge on any atom is -0.311 e. The van der Waals surface area contributed by atoms with Crippen molar-refractivity contribution < 1.29 is 0 Å². The van der Waals surface area contributed by atoms with Gasteiger partial charge >= 0.3 is 0 Å². The molecule has 8 aromatic carbocycles. The number of rotatable bonds is 12. The molecule has 0 atom stereocenters. The maximum Gasteiger partial charge on any atom is 0.0713 e. The molecule has 1 aliphatic rings. The van der Waals surface area contributed by atoms with Gasteiger partial charge in [0.05, 0.1) is 5.41 Å². The first-order chi connectivity index (χ1) is 28.5. The smallest absolute Gasteiger partial charge is 0.0713 e. The number of hydrogen-bond acceptors (Lipinski definition) is 1. The van der Waals surface area contributed by atoms with Gasteiger partial charge in [-0.3, -0.25) is 0 Å². The van der Waals surface area contributed by atoms with Gasteiger partial charge in [0.2, 0.25) is 0 Å². The third-order valence-electron chi connectivity index (χ3n) is 12.2. The van der Waals surface area contributed by atoms with Gasteiger partial charge < -0.3 is 4.90 Å². The topological polar surface area (TPSA) is 3.24 Å². The monoisotopic (exact) mass is 749 g/mol. The predicted molar refractivity (Wildman–Crippen MR) is 247 cm³/mol. The van der Waals surface area contributed by atoms with E-state index in [2.05, 4.69) is 220 Å². The van der Waals surface area contributed by atoms with Crippen molar-refractivity contribution in [2.45, 2.75) is 58.3 Å². The summed E-state index contributed by atoms with van der Waals surface area (Å²) < 4.78 is 0. The lowest BCUT2D eigenvalue weighted by Crippen LogP contribution is -2.29. The molecule has 0 heterocycles. The summed E-state index contributed by atoms with van der Waals surface area (Å²) in [6, 6.07) is 72.4. The van der Waals surface area contributed by atoms with Crippen LogP contribution in [-0.2, 0) is 11.8 Å². The zero-order valence-electron chi connectivity index (χ0n) is 34.0. The first-order valence-electron chi connectivity index (χ1n) is 21.1. The zero-order valence-corrected chi connectivity index (χ0v) is 34.0. The van der Waals surface area contributed by atoms with Crippen molar-refractivity contribution in [1.29, 1.82) is 0 Å². The maximum atomic E-state index is 2.44. The molecule has 58 heavy (non-hydrogen) atoms. The second kappa shape index (κ2) is 16.2. The second-order valence-electron chi connectivity index (χ2n) is 16.1. The minimum absolute atomic E-state index is 0.457. The van der Waals surface area contributed by atoms with Crippen LogP contribution in [0.1, 0.15) is 71.6 Å². The number of nitrogens with zero attached hydrogens (tertiary/aromatic N) is 1. The highest BCUT2D eigenvalue weighted by molar-refractivity contribution is 5.87. The minimum atomic E-state index is -0.457. The van der Waals surface area contributed by atoms with Gasteiger partial charge in [-0.1, -0.05) is 195 Å². The van der Waals surface area contributed by atoms with E-state index < -0.39 is 5.41 Å². The van der Waals surface area contributed by atoms with Crippen molar-refractivity contribution in [2.75, 3.05) is 4.90 Å². The van der Waals surface area contributed by atoms with Crippen LogP contribution >= 0.6 is 0 Å². The van der Waals surface area contributed by atoms with Crippen LogP contribution in [-0.4, -0.2) is 0 Å². The average Bonchev–Trinajstić information content (AvgIpc) is 3.56. The lowest BCUT2D eigenvalue weighted by atomic mass is 9.67. The Kier molecular flexibility index (Phi) is 10.4. The van der Waals surface area contributed by atoms with Crippen molar-refractivity contribution in [1.82, 2.24) is 0 Å². The molecule has 0 spiro atoms. The fourth-order valence-corrected chi connectivity index (χ4v) is 9.19. The third-order valence-corrected chi connectivity index (χ3v) is 12.2. The average molecular weight is 750 g/mol. The van der Waals surface area contributed by atoms with Crippen LogP contribution in [0.15, 0.2) is 194 Å². The van der Waals surface area contributed by atoms with Crippen molar-refractivity contribution >= 4 is 17.1 Å². The van der Waals surface area contributed by atoms with Crippen LogP contribution in [0.4, 0.5) is 17.1 Å². The fourth-order valence-electron chi connectivity index (χ4n) is 9.19. The molecule has 0 unspecified atom stereocenters. The Morgan fingerprint density at radius 1 is 0.397 bits per heavy atom. The van der Waals surface area contributed by atoms with E-state index in [9.17, 15) is 0 Å². The summed E-state index contributed by atoms with van der Waals surface area (Å²) in [5.41, 5.74) is 19.7. The lowest BCUT2D eigenvalue weighted by Gasteiger charge is -2.35. The molecule has 0 saturated heterocycles. The van der Waals surface area contributed by atoms with Crippen molar-refractivity contribution in [3.8, 4) is 33.4 Å². The molecule has 1 nitrogen and oxygen atoms in total. The van der Waals surface area contributed by atoms with Gasteiger partial charge in [0.15, 0.2) is 0 Å². The summed E-state index contributed by atoms with van der Waals surface area (Å²) >= 11 is 0. The van der Waals surface area contributed by atoms with Crippen LogP contribution in [0.2, 0.25) is 0 Å². The van der Waals surface area contributed by atoms with Gasteiger partial charge in [0.1, 0.15) is 0 Å². The van der Waals surface area contributed by atoms with Gasteiger partial charge in [-0.15, -0.1) is 0 Å². The number of aryl methyl sites for hydroxylation is 3. The summed E-state index contributed by atoms with van der Waals surface area (Å²) in [7, 11) is 0. The SMILES string of the molecule is CCCCCCc1ccc(C2(c3ccc(N(c4ccc(-c5ccccc5)cc4)c4ccc(-c5ccccc5)cc4)cc3)c3cc(C)ccc3-c3ccc(C)cc32)cc1. The zero-order chi connectivity index (χ0) is 39.5. The number of benzene rings is 8. The second-order valence-corrected chi connectivity index (χ2v) is 16.1. The highest BCUT2D eigenvalue weighted by Crippen LogP contribution is 2.57. The molecular formula is C57H51N. The van der Waals surface area contributed by atoms with E-state index in [0.29, 0.717) is 0 Å². The number of anilines is 3. The largest absolute Gasteiger partial charge is 0.311 e. The molecule has 1 aliphatic carbocycles. The standard InChI is InChI=1S/C57H51N/c1-4-5-6-9-14-43-21-27-48(28-22-43)57(55-39-41(2)19-37-53(55)54-38-20-42(3)40-56(54)57)49-29-35-52(36-30-49)58(50-31-23-46(24-32-50)44-15-10-7-11-16-44)51-33-25-47(26-34-51)45-17-12-8-13-18-45/h7-8,10-13,15-40H,4-6,9,14H2,1-3H3. The van der Waals surface area contributed by atoms with E-state index >= 15 is 0 Å². The summed E-state index contributed by atoms with van der Waals surface area (Å²) in [6.45, 7) is 6.74. The van der Waals surface area contributed by atoms with Crippen molar-refractivity contribution in [3.05, 3.63) is 233 Å². The molecule has 9 rings (SSSR count). The first kappa shape index (κ1) is 37.2. The fraction of sp³-hybridized carbons (Fsp3) is 0.158. The molecule has 8 aromatic rings. The molecule has 0 N–H and O–H groups in total. The summed E-state index contributed by atoms with van der Waals surface area (Å²) in [5.74, 6) is 0. The van der Waals surface area contributed by atoms with E-state index in [4.69, 9.17) is 0 Å². The van der Waals surface area contributed by atoms with Gasteiger partial charge in [-0.2, -0.15) is 0 Å². The van der Waals surface area contributed by atoms with Crippen molar-refractivity contribution in [2.24, 2.45) is 0 Å². The van der Waals surface area contributed by atoms with Crippen LogP contribution in [0.5, 0.6) is 0 Å². The maximum absolute atomic E-state index is 2.44. The number of unbranched alkanes of at least 4 members (excludes halogenated alkanes) is 3. The number of hydrogen-bond donors (Lipinski definition) is 0. The Hall–Kier alpha value is -6.44. The Balaban J connectivity index is 1.17. The third kappa shape index (κ3) is 6.96. The normalized spacial score (nSPS) is 12.5. The Bertz CT molecular complexity index is 2480. The van der Waals surface area contributed by atoms with E-state index in [1.165, 1.54) is 98.0 Å². The summed E-state index contributed by atoms with van der Waals surface area (Å²) in [6.07, 6.45) is 6.22. The molecule has 0 saturated carbocycles. The summed E-state index contributed by atoms with van der Waals surface area (Å²) in [4.78, 5) is 2.39. The number of fused-ring (bicyclic) bond motifs is 3. The predicted octanol–water partition coefficient (Wildman–Crippen LogP) is 15.6. The van der Waals surface area contributed by atoms with Crippen LogP contribution < -0.4 is 4.90 Å². The molecule has 0 amide bonds. The van der Waals surface area contributed by atoms with E-state index in [1.807, 2.05) is 0 Å². The van der Waals surface area contributed by atoms with Gasteiger partial charge in [-0.25, -0.2) is 0 Å². The van der Waals surface area contributed by atoms with Gasteiger partial charge in [0, 0.05) is 17.1 Å². The molecule has 284 valence electrons. The first-order valence-corrected chi connectivity index (χ1v) is 21.1. The molecule has 0 radical (unpaired) electrons. The Morgan fingerprint density at radius 3 is 1.26 bits per heavy atom. The van der Waals surface area contributed by atoms with Gasteiger partial charge in [-0.05, 0) is 124 Å². The highest BCUT2D eigenvalue weighted by Gasteiger charge is 2.46. The quantitative estimate of drug-likeness (QED) is 0.112. The Labute approximate surface area is 345 Å². The van der Waals surface area contributed by atoms with Crippen LogP contribution in [0, 0.1) is 13.8 Å². The highest BCUT2D eigenvalue weighted by atomic mass is 15.1. The summed E-state index contributed by atoms with van der Waals surface area (Å²) in [5, 5.41) is 0.